The predicted octanol–water partition coefficient (Wildman–Crippen LogP) is 2.58. The van der Waals surface area contributed by atoms with E-state index in [9.17, 15) is 9.18 Å². The van der Waals surface area contributed by atoms with Crippen LogP contribution in [0.15, 0.2) is 12.1 Å². The van der Waals surface area contributed by atoms with Crippen molar-refractivity contribution in [1.82, 2.24) is 0 Å². The average molecular weight is 222 g/mol. The monoisotopic (exact) mass is 222 g/mol. The fourth-order valence-corrected chi connectivity index (χ4v) is 2.22. The van der Waals surface area contributed by atoms with Gasteiger partial charge in [0.05, 0.1) is 5.92 Å². The maximum atomic E-state index is 13.7. The average Bonchev–Trinajstić information content (AvgIpc) is 2.65. The minimum atomic E-state index is -0.875. The maximum Gasteiger partial charge on any atom is 0.306 e. The molecular weight excluding hydrogens is 207 g/mol. The number of carboxylic acids is 1. The summed E-state index contributed by atoms with van der Waals surface area (Å²) in [6.45, 7) is 1.61. The zero-order chi connectivity index (χ0) is 11.7. The van der Waals surface area contributed by atoms with Crippen LogP contribution in [0.4, 0.5) is 4.39 Å². The summed E-state index contributed by atoms with van der Waals surface area (Å²) in [5.41, 5.74) is 2.81. The van der Waals surface area contributed by atoms with Crippen LogP contribution in [0.25, 0.3) is 0 Å². The van der Waals surface area contributed by atoms with Gasteiger partial charge in [0.2, 0.25) is 0 Å². The Kier molecular flexibility index (Phi) is 2.95. The lowest BCUT2D eigenvalue weighted by Crippen LogP contribution is -2.13. The Morgan fingerprint density at radius 2 is 2.06 bits per heavy atom. The summed E-state index contributed by atoms with van der Waals surface area (Å²) in [7, 11) is 0. The molecular formula is C13H15FO2. The first kappa shape index (κ1) is 11.1. The molecule has 2 nitrogen and oxygen atoms in total. The van der Waals surface area contributed by atoms with Gasteiger partial charge < -0.3 is 5.11 Å². The largest absolute Gasteiger partial charge is 0.481 e. The van der Waals surface area contributed by atoms with Crippen LogP contribution in [-0.2, 0) is 24.1 Å². The van der Waals surface area contributed by atoms with Gasteiger partial charge in [-0.2, -0.15) is 0 Å². The van der Waals surface area contributed by atoms with Crippen molar-refractivity contribution in [3.63, 3.8) is 0 Å². The van der Waals surface area contributed by atoms with Gasteiger partial charge in [-0.3, -0.25) is 4.79 Å². The van der Waals surface area contributed by atoms with Crippen LogP contribution in [0.2, 0.25) is 0 Å². The van der Waals surface area contributed by atoms with Crippen LogP contribution >= 0.6 is 0 Å². The highest BCUT2D eigenvalue weighted by molar-refractivity contribution is 5.69. The smallest absolute Gasteiger partial charge is 0.306 e. The van der Waals surface area contributed by atoms with Crippen molar-refractivity contribution < 1.29 is 14.3 Å². The first-order chi connectivity index (χ1) is 7.58. The summed E-state index contributed by atoms with van der Waals surface area (Å²) in [5, 5.41) is 8.81. The number of carboxylic acid groups (broad SMARTS) is 1. The van der Waals surface area contributed by atoms with Crippen molar-refractivity contribution >= 4 is 5.97 Å². The number of hydrogen-bond donors (Lipinski definition) is 1. The topological polar surface area (TPSA) is 37.3 Å². The Bertz CT molecular complexity index is 426. The molecule has 0 bridgehead atoms. The Balaban J connectivity index is 2.25. The number of rotatable bonds is 3. The maximum absolute atomic E-state index is 13.7. The molecule has 0 aromatic heterocycles. The van der Waals surface area contributed by atoms with Gasteiger partial charge in [-0.05, 0) is 48.4 Å². The molecule has 3 heteroatoms. The van der Waals surface area contributed by atoms with Gasteiger partial charge in [-0.1, -0.05) is 13.0 Å². The quantitative estimate of drug-likeness (QED) is 0.853. The Morgan fingerprint density at radius 1 is 1.44 bits per heavy atom. The summed E-state index contributed by atoms with van der Waals surface area (Å²) < 4.78 is 13.7. The fraction of sp³-hybridized carbons (Fsp3) is 0.462. The molecule has 1 aliphatic rings. The molecule has 1 aromatic carbocycles. The minimum absolute atomic E-state index is 0.256. The molecule has 1 N–H and O–H groups in total. The number of aryl methyl sites for hydroxylation is 2. The number of benzene rings is 1. The van der Waals surface area contributed by atoms with E-state index in [0.29, 0.717) is 5.56 Å². The normalized spacial score (nSPS) is 15.9. The summed E-state index contributed by atoms with van der Waals surface area (Å²) in [6.07, 6.45) is 3.28. The Hall–Kier alpha value is -1.38. The molecule has 0 saturated heterocycles. The van der Waals surface area contributed by atoms with E-state index in [1.807, 2.05) is 6.07 Å². The first-order valence-electron chi connectivity index (χ1n) is 5.61. The van der Waals surface area contributed by atoms with Gasteiger partial charge in [0.25, 0.3) is 0 Å². The van der Waals surface area contributed by atoms with E-state index < -0.39 is 11.9 Å². The van der Waals surface area contributed by atoms with Crippen molar-refractivity contribution in [1.29, 1.82) is 0 Å². The lowest BCUT2D eigenvalue weighted by atomic mass is 9.97. The zero-order valence-electron chi connectivity index (χ0n) is 9.29. The molecule has 1 aromatic rings. The molecule has 1 atom stereocenters. The van der Waals surface area contributed by atoms with Crippen molar-refractivity contribution in [3.05, 3.63) is 34.6 Å². The van der Waals surface area contributed by atoms with Gasteiger partial charge >= 0.3 is 5.97 Å². The molecule has 1 unspecified atom stereocenters. The second-order valence-corrected chi connectivity index (χ2v) is 4.51. The standard InChI is InChI=1S/C13H15FO2/c1-8(13(15)16)5-11-6-9-3-2-4-10(9)7-12(11)14/h6-8H,2-5H2,1H3,(H,15,16). The van der Waals surface area contributed by atoms with Crippen molar-refractivity contribution in [2.75, 3.05) is 0 Å². The third-order valence-electron chi connectivity index (χ3n) is 3.21. The number of aliphatic carboxylic acids is 1. The predicted molar refractivity (Wildman–Crippen MR) is 58.9 cm³/mol. The van der Waals surface area contributed by atoms with E-state index in [0.717, 1.165) is 24.8 Å². The third-order valence-corrected chi connectivity index (χ3v) is 3.21. The molecule has 0 heterocycles. The van der Waals surface area contributed by atoms with E-state index in [1.165, 1.54) is 5.56 Å². The van der Waals surface area contributed by atoms with Crippen LogP contribution in [-0.4, -0.2) is 11.1 Å². The molecule has 86 valence electrons. The Labute approximate surface area is 94.1 Å². The molecule has 16 heavy (non-hydrogen) atoms. The van der Waals surface area contributed by atoms with Gasteiger partial charge in [-0.15, -0.1) is 0 Å². The van der Waals surface area contributed by atoms with Crippen LogP contribution in [0.1, 0.15) is 30.0 Å². The molecule has 0 fully saturated rings. The highest BCUT2D eigenvalue weighted by atomic mass is 19.1. The zero-order valence-corrected chi connectivity index (χ0v) is 9.29. The van der Waals surface area contributed by atoms with Gasteiger partial charge in [-0.25, -0.2) is 4.39 Å². The highest BCUT2D eigenvalue weighted by Crippen LogP contribution is 2.26. The van der Waals surface area contributed by atoms with E-state index >= 15 is 0 Å². The molecule has 0 saturated carbocycles. The number of hydrogen-bond acceptors (Lipinski definition) is 1. The molecule has 2 rings (SSSR count). The van der Waals surface area contributed by atoms with E-state index in [4.69, 9.17) is 5.11 Å². The number of carbonyl (C=O) groups is 1. The minimum Gasteiger partial charge on any atom is -0.481 e. The van der Waals surface area contributed by atoms with Crippen LogP contribution < -0.4 is 0 Å². The first-order valence-corrected chi connectivity index (χ1v) is 5.61. The third kappa shape index (κ3) is 2.08. The molecule has 0 amide bonds. The molecule has 1 aliphatic carbocycles. The summed E-state index contributed by atoms with van der Waals surface area (Å²) in [6, 6.07) is 3.42. The second-order valence-electron chi connectivity index (χ2n) is 4.51. The summed E-state index contributed by atoms with van der Waals surface area (Å²) in [4.78, 5) is 10.7. The lowest BCUT2D eigenvalue weighted by molar-refractivity contribution is -0.141. The number of halogens is 1. The van der Waals surface area contributed by atoms with E-state index in [2.05, 4.69) is 0 Å². The van der Waals surface area contributed by atoms with Crippen molar-refractivity contribution in [2.24, 2.45) is 5.92 Å². The highest BCUT2D eigenvalue weighted by Gasteiger charge is 2.18. The molecule has 0 spiro atoms. The molecule has 0 aliphatic heterocycles. The molecule has 0 radical (unpaired) electrons. The van der Waals surface area contributed by atoms with E-state index in [1.54, 1.807) is 13.0 Å². The SMILES string of the molecule is CC(Cc1cc2c(cc1F)CCC2)C(=O)O. The number of fused-ring (bicyclic) bond motifs is 1. The van der Waals surface area contributed by atoms with E-state index in [-0.39, 0.29) is 12.2 Å². The summed E-state index contributed by atoms with van der Waals surface area (Å²) >= 11 is 0. The fourth-order valence-electron chi connectivity index (χ4n) is 2.22. The van der Waals surface area contributed by atoms with Crippen LogP contribution in [0, 0.1) is 11.7 Å². The van der Waals surface area contributed by atoms with Gasteiger partial charge in [0.15, 0.2) is 0 Å². The second kappa shape index (κ2) is 4.24. The summed E-state index contributed by atoms with van der Waals surface area (Å²) in [5.74, 6) is -1.66. The lowest BCUT2D eigenvalue weighted by Gasteiger charge is -2.09. The van der Waals surface area contributed by atoms with Crippen LogP contribution in [0.3, 0.4) is 0 Å². The van der Waals surface area contributed by atoms with Gasteiger partial charge in [0.1, 0.15) is 5.82 Å². The van der Waals surface area contributed by atoms with Gasteiger partial charge in [0, 0.05) is 0 Å². The Morgan fingerprint density at radius 3 is 2.69 bits per heavy atom. The van der Waals surface area contributed by atoms with Crippen molar-refractivity contribution in [3.8, 4) is 0 Å². The van der Waals surface area contributed by atoms with Crippen LogP contribution in [0.5, 0.6) is 0 Å². The van der Waals surface area contributed by atoms with Crippen molar-refractivity contribution in [2.45, 2.75) is 32.6 Å².